The van der Waals surface area contributed by atoms with E-state index in [0.29, 0.717) is 17.3 Å². The molecule has 0 aliphatic rings. The lowest BCUT2D eigenvalue weighted by Gasteiger charge is -2.16. The van der Waals surface area contributed by atoms with Crippen LogP contribution in [0, 0.1) is 5.82 Å². The van der Waals surface area contributed by atoms with E-state index in [1.54, 1.807) is 6.07 Å². The topological polar surface area (TPSA) is 38.0 Å². The third-order valence-corrected chi connectivity index (χ3v) is 3.03. The fraction of sp³-hybridized carbons (Fsp3) is 0.455. The van der Waals surface area contributed by atoms with Gasteiger partial charge in [-0.1, -0.05) is 11.6 Å². The van der Waals surface area contributed by atoms with Crippen molar-refractivity contribution >= 4 is 23.2 Å². The summed E-state index contributed by atoms with van der Waals surface area (Å²) in [5, 5.41) is 0.563. The van der Waals surface area contributed by atoms with Gasteiger partial charge in [0.2, 0.25) is 0 Å². The first kappa shape index (κ1) is 13.7. The summed E-state index contributed by atoms with van der Waals surface area (Å²) < 4.78 is 13.0. The summed E-state index contributed by atoms with van der Waals surface area (Å²) in [5.41, 5.74) is 3.46. The average molecular weight is 265 g/mol. The van der Waals surface area contributed by atoms with E-state index in [1.807, 2.05) is 0 Å². The monoisotopic (exact) mass is 264 g/mol. The summed E-state index contributed by atoms with van der Waals surface area (Å²) in [6.45, 7) is 0. The number of alkyl halides is 1. The van der Waals surface area contributed by atoms with E-state index < -0.39 is 0 Å². The minimum atomic E-state index is -0.285. The SMILES string of the molecule is NNC(CCCCl)Cc1cc(F)ccc1Cl. The van der Waals surface area contributed by atoms with E-state index in [-0.39, 0.29) is 11.9 Å². The predicted octanol–water partition coefficient (Wildman–Crippen LogP) is 2.87. The van der Waals surface area contributed by atoms with Crippen LogP contribution in [0.2, 0.25) is 5.02 Å². The molecule has 0 bridgehead atoms. The first-order chi connectivity index (χ1) is 7.67. The average Bonchev–Trinajstić information content (AvgIpc) is 2.28. The molecule has 1 aromatic rings. The Morgan fingerprint density at radius 2 is 2.19 bits per heavy atom. The van der Waals surface area contributed by atoms with Crippen molar-refractivity contribution in [2.45, 2.75) is 25.3 Å². The Labute approximate surface area is 105 Å². The van der Waals surface area contributed by atoms with Gasteiger partial charge in [-0.05, 0) is 43.0 Å². The maximum absolute atomic E-state index is 13.0. The van der Waals surface area contributed by atoms with E-state index in [4.69, 9.17) is 29.0 Å². The van der Waals surface area contributed by atoms with Crippen LogP contribution in [0.5, 0.6) is 0 Å². The molecule has 0 aromatic heterocycles. The Morgan fingerprint density at radius 1 is 1.44 bits per heavy atom. The fourth-order valence-corrected chi connectivity index (χ4v) is 1.88. The van der Waals surface area contributed by atoms with Crippen LogP contribution in [0.3, 0.4) is 0 Å². The van der Waals surface area contributed by atoms with Crippen molar-refractivity contribution in [3.63, 3.8) is 0 Å². The molecule has 0 aliphatic heterocycles. The van der Waals surface area contributed by atoms with Crippen LogP contribution >= 0.6 is 23.2 Å². The lowest BCUT2D eigenvalue weighted by Crippen LogP contribution is -2.36. The molecular formula is C11H15Cl2FN2. The van der Waals surface area contributed by atoms with Gasteiger partial charge in [0.15, 0.2) is 0 Å². The van der Waals surface area contributed by atoms with Crippen LogP contribution in [0.25, 0.3) is 0 Å². The number of hydrogen-bond acceptors (Lipinski definition) is 2. The number of hydrogen-bond donors (Lipinski definition) is 2. The van der Waals surface area contributed by atoms with Gasteiger partial charge in [0, 0.05) is 16.9 Å². The number of benzene rings is 1. The van der Waals surface area contributed by atoms with Crippen LogP contribution in [-0.2, 0) is 6.42 Å². The first-order valence-corrected chi connectivity index (χ1v) is 6.04. The summed E-state index contributed by atoms with van der Waals surface area (Å²) in [6, 6.07) is 4.41. The molecule has 0 saturated carbocycles. The molecule has 0 saturated heterocycles. The summed E-state index contributed by atoms with van der Waals surface area (Å²) in [6.07, 6.45) is 2.31. The molecule has 1 atom stereocenters. The van der Waals surface area contributed by atoms with Crippen molar-refractivity contribution in [2.75, 3.05) is 5.88 Å². The quantitative estimate of drug-likeness (QED) is 0.471. The van der Waals surface area contributed by atoms with Crippen molar-refractivity contribution in [1.82, 2.24) is 5.43 Å². The highest BCUT2D eigenvalue weighted by Gasteiger charge is 2.10. The molecule has 1 unspecified atom stereocenters. The van der Waals surface area contributed by atoms with Gasteiger partial charge in [-0.15, -0.1) is 11.6 Å². The molecule has 0 aliphatic carbocycles. The highest BCUT2D eigenvalue weighted by molar-refractivity contribution is 6.31. The minimum absolute atomic E-state index is 0.0676. The Bertz CT molecular complexity index is 334. The second kappa shape index (κ2) is 7.07. The van der Waals surface area contributed by atoms with Gasteiger partial charge in [-0.3, -0.25) is 11.3 Å². The molecule has 1 aromatic carbocycles. The third-order valence-electron chi connectivity index (χ3n) is 2.40. The van der Waals surface area contributed by atoms with Gasteiger partial charge in [0.25, 0.3) is 0 Å². The Hall–Kier alpha value is -0.350. The summed E-state index contributed by atoms with van der Waals surface area (Å²) in [4.78, 5) is 0. The zero-order valence-electron chi connectivity index (χ0n) is 8.85. The van der Waals surface area contributed by atoms with Gasteiger partial charge in [-0.2, -0.15) is 0 Å². The van der Waals surface area contributed by atoms with Crippen molar-refractivity contribution in [3.8, 4) is 0 Å². The van der Waals surface area contributed by atoms with Crippen LogP contribution < -0.4 is 11.3 Å². The van der Waals surface area contributed by atoms with E-state index in [9.17, 15) is 4.39 Å². The fourth-order valence-electron chi connectivity index (χ4n) is 1.53. The van der Waals surface area contributed by atoms with E-state index in [0.717, 1.165) is 18.4 Å². The largest absolute Gasteiger partial charge is 0.271 e. The van der Waals surface area contributed by atoms with Crippen LogP contribution in [-0.4, -0.2) is 11.9 Å². The number of hydrazine groups is 1. The predicted molar refractivity (Wildman–Crippen MR) is 66.2 cm³/mol. The smallest absolute Gasteiger partial charge is 0.123 e. The normalized spacial score (nSPS) is 12.8. The number of halogens is 3. The van der Waals surface area contributed by atoms with Crippen LogP contribution in [0.1, 0.15) is 18.4 Å². The maximum atomic E-state index is 13.0. The molecule has 5 heteroatoms. The van der Waals surface area contributed by atoms with Gasteiger partial charge in [0.05, 0.1) is 0 Å². The van der Waals surface area contributed by atoms with Gasteiger partial charge in [-0.25, -0.2) is 4.39 Å². The molecule has 0 heterocycles. The molecule has 1 rings (SSSR count). The molecule has 0 spiro atoms. The number of rotatable bonds is 6. The number of nitrogens with two attached hydrogens (primary N) is 1. The first-order valence-electron chi connectivity index (χ1n) is 5.13. The summed E-state index contributed by atoms with van der Waals surface area (Å²) >= 11 is 11.6. The van der Waals surface area contributed by atoms with Crippen LogP contribution in [0.15, 0.2) is 18.2 Å². The molecule has 3 N–H and O–H groups in total. The van der Waals surface area contributed by atoms with Crippen molar-refractivity contribution in [1.29, 1.82) is 0 Å². The maximum Gasteiger partial charge on any atom is 0.123 e. The summed E-state index contributed by atoms with van der Waals surface area (Å²) in [5.74, 6) is 5.73. The second-order valence-electron chi connectivity index (χ2n) is 3.63. The Balaban J connectivity index is 2.65. The molecule has 2 nitrogen and oxygen atoms in total. The third kappa shape index (κ3) is 4.26. The van der Waals surface area contributed by atoms with Gasteiger partial charge >= 0.3 is 0 Å². The lowest BCUT2D eigenvalue weighted by molar-refractivity contribution is 0.486. The number of nitrogens with one attached hydrogen (secondary N) is 1. The Kier molecular flexibility index (Phi) is 6.06. The molecule has 90 valence electrons. The highest BCUT2D eigenvalue weighted by atomic mass is 35.5. The zero-order chi connectivity index (χ0) is 12.0. The van der Waals surface area contributed by atoms with E-state index >= 15 is 0 Å². The minimum Gasteiger partial charge on any atom is -0.271 e. The van der Waals surface area contributed by atoms with Crippen LogP contribution in [0.4, 0.5) is 4.39 Å². The standard InChI is InChI=1S/C11H15Cl2FN2/c12-5-1-2-10(16-15)7-8-6-9(14)3-4-11(8)13/h3-4,6,10,16H,1-2,5,7,15H2. The second-order valence-corrected chi connectivity index (χ2v) is 4.42. The van der Waals surface area contributed by atoms with E-state index in [1.165, 1.54) is 12.1 Å². The van der Waals surface area contributed by atoms with E-state index in [2.05, 4.69) is 5.43 Å². The molecular weight excluding hydrogens is 250 g/mol. The molecule has 16 heavy (non-hydrogen) atoms. The molecule has 0 amide bonds. The summed E-state index contributed by atoms with van der Waals surface area (Å²) in [7, 11) is 0. The van der Waals surface area contributed by atoms with Gasteiger partial charge < -0.3 is 0 Å². The molecule has 0 fully saturated rings. The Morgan fingerprint density at radius 3 is 2.81 bits per heavy atom. The zero-order valence-corrected chi connectivity index (χ0v) is 10.4. The van der Waals surface area contributed by atoms with Crippen molar-refractivity contribution in [3.05, 3.63) is 34.6 Å². The van der Waals surface area contributed by atoms with Crippen molar-refractivity contribution < 1.29 is 4.39 Å². The highest BCUT2D eigenvalue weighted by Crippen LogP contribution is 2.19. The van der Waals surface area contributed by atoms with Gasteiger partial charge in [0.1, 0.15) is 5.82 Å². The molecule has 0 radical (unpaired) electrons. The lowest BCUT2D eigenvalue weighted by atomic mass is 10.0. The van der Waals surface area contributed by atoms with Crippen molar-refractivity contribution in [2.24, 2.45) is 5.84 Å².